The summed E-state index contributed by atoms with van der Waals surface area (Å²) >= 11 is 6.17. The van der Waals surface area contributed by atoms with Crippen LogP contribution in [-0.4, -0.2) is 31.7 Å². The van der Waals surface area contributed by atoms with Crippen molar-refractivity contribution in [1.82, 2.24) is 4.31 Å². The maximum Gasteiger partial charge on any atom is 0.244 e. The number of carbonyl (C=O) groups is 1. The molecule has 1 amide bonds. The van der Waals surface area contributed by atoms with Crippen LogP contribution >= 0.6 is 11.6 Å². The number of rotatable bonds is 4. The molecular weight excluding hydrogens is 360 g/mol. The van der Waals surface area contributed by atoms with Gasteiger partial charge in [0.05, 0.1) is 5.02 Å². The zero-order chi connectivity index (χ0) is 17.9. The average Bonchev–Trinajstić information content (AvgIpc) is 2.64. The molecule has 0 spiro atoms. The molecule has 1 heterocycles. The molecule has 3 rings (SSSR count). The zero-order valence-corrected chi connectivity index (χ0v) is 15.9. The third kappa shape index (κ3) is 4.36. The summed E-state index contributed by atoms with van der Waals surface area (Å²) < 4.78 is 27.2. The van der Waals surface area contributed by atoms with Crippen LogP contribution in [0.5, 0.6) is 0 Å². The number of benzene rings is 1. The molecule has 0 bridgehead atoms. The van der Waals surface area contributed by atoms with Crippen molar-refractivity contribution in [2.45, 2.75) is 56.3 Å². The topological polar surface area (TPSA) is 66.5 Å². The molecule has 7 heteroatoms. The fourth-order valence-corrected chi connectivity index (χ4v) is 5.65. The molecule has 1 aliphatic heterocycles. The molecule has 25 heavy (non-hydrogen) atoms. The fourth-order valence-electron chi connectivity index (χ4n) is 3.63. The Labute approximate surface area is 154 Å². The monoisotopic (exact) mass is 384 g/mol. The molecule has 1 aromatic rings. The third-order valence-electron chi connectivity index (χ3n) is 5.11. The van der Waals surface area contributed by atoms with E-state index in [0.717, 1.165) is 44.9 Å². The SMILES string of the molecule is O=C(Nc1ccc(Cl)c(S(=O)(=O)N2CCCCC2)c1)C1CCCCC1. The highest BCUT2D eigenvalue weighted by Gasteiger charge is 2.29. The van der Waals surface area contributed by atoms with Crippen molar-refractivity contribution in [1.29, 1.82) is 0 Å². The summed E-state index contributed by atoms with van der Waals surface area (Å²) in [6, 6.07) is 4.71. The molecule has 1 saturated carbocycles. The normalized spacial score (nSPS) is 20.4. The Hall–Kier alpha value is -1.11. The number of anilines is 1. The lowest BCUT2D eigenvalue weighted by atomic mass is 9.88. The number of nitrogens with one attached hydrogen (secondary N) is 1. The lowest BCUT2D eigenvalue weighted by molar-refractivity contribution is -0.120. The van der Waals surface area contributed by atoms with Gasteiger partial charge < -0.3 is 5.32 Å². The minimum Gasteiger partial charge on any atom is -0.326 e. The maximum atomic E-state index is 12.9. The van der Waals surface area contributed by atoms with Crippen molar-refractivity contribution in [2.24, 2.45) is 5.92 Å². The summed E-state index contributed by atoms with van der Waals surface area (Å²) in [5.74, 6) is -0.00470. The maximum absolute atomic E-state index is 12.9. The highest BCUT2D eigenvalue weighted by atomic mass is 35.5. The van der Waals surface area contributed by atoms with Gasteiger partial charge in [0.25, 0.3) is 0 Å². The van der Waals surface area contributed by atoms with E-state index in [9.17, 15) is 13.2 Å². The van der Waals surface area contributed by atoms with Gasteiger partial charge in [-0.1, -0.05) is 37.3 Å². The van der Waals surface area contributed by atoms with Crippen molar-refractivity contribution in [3.63, 3.8) is 0 Å². The second kappa shape index (κ2) is 8.06. The second-order valence-electron chi connectivity index (χ2n) is 6.93. The number of hydrogen-bond acceptors (Lipinski definition) is 3. The number of carbonyl (C=O) groups excluding carboxylic acids is 1. The van der Waals surface area contributed by atoms with Crippen LogP contribution in [0.15, 0.2) is 23.1 Å². The fraction of sp³-hybridized carbons (Fsp3) is 0.611. The Morgan fingerprint density at radius 1 is 1.04 bits per heavy atom. The zero-order valence-electron chi connectivity index (χ0n) is 14.3. The summed E-state index contributed by atoms with van der Waals surface area (Å²) in [6.07, 6.45) is 7.93. The molecule has 0 atom stereocenters. The van der Waals surface area contributed by atoms with E-state index in [1.807, 2.05) is 0 Å². The van der Waals surface area contributed by atoms with Crippen LogP contribution in [0.3, 0.4) is 0 Å². The quantitative estimate of drug-likeness (QED) is 0.852. The van der Waals surface area contributed by atoms with Gasteiger partial charge in [-0.2, -0.15) is 4.31 Å². The Morgan fingerprint density at radius 2 is 1.68 bits per heavy atom. The van der Waals surface area contributed by atoms with E-state index in [1.54, 1.807) is 12.1 Å². The highest BCUT2D eigenvalue weighted by Crippen LogP contribution is 2.30. The summed E-state index contributed by atoms with van der Waals surface area (Å²) in [7, 11) is -3.63. The molecular formula is C18H25ClN2O3S. The van der Waals surface area contributed by atoms with Gasteiger partial charge in [-0.25, -0.2) is 8.42 Å². The molecule has 1 saturated heterocycles. The number of nitrogens with zero attached hydrogens (tertiary/aromatic N) is 1. The smallest absolute Gasteiger partial charge is 0.244 e. The Balaban J connectivity index is 1.79. The Kier molecular flexibility index (Phi) is 6.02. The van der Waals surface area contributed by atoms with Gasteiger partial charge in [-0.3, -0.25) is 4.79 Å². The third-order valence-corrected chi connectivity index (χ3v) is 7.49. The van der Waals surface area contributed by atoms with Crippen LogP contribution in [-0.2, 0) is 14.8 Å². The summed E-state index contributed by atoms with van der Waals surface area (Å²) in [5, 5.41) is 3.07. The molecule has 2 fully saturated rings. The lowest BCUT2D eigenvalue weighted by Crippen LogP contribution is -2.35. The van der Waals surface area contributed by atoms with Crippen molar-refractivity contribution in [2.75, 3.05) is 18.4 Å². The number of sulfonamides is 1. The first-order valence-electron chi connectivity index (χ1n) is 9.09. The van der Waals surface area contributed by atoms with E-state index in [-0.39, 0.29) is 21.7 Å². The molecule has 0 unspecified atom stereocenters. The van der Waals surface area contributed by atoms with Crippen LogP contribution in [0.25, 0.3) is 0 Å². The second-order valence-corrected chi connectivity index (χ2v) is 9.25. The van der Waals surface area contributed by atoms with Gasteiger partial charge in [0.2, 0.25) is 15.9 Å². The minimum atomic E-state index is -3.63. The minimum absolute atomic E-state index is 0.0200. The molecule has 138 valence electrons. The van der Waals surface area contributed by atoms with Gasteiger partial charge in [0.15, 0.2) is 0 Å². The van der Waals surface area contributed by atoms with Crippen LogP contribution in [0.4, 0.5) is 5.69 Å². The summed E-state index contributed by atoms with van der Waals surface area (Å²) in [5.41, 5.74) is 0.496. The van der Waals surface area contributed by atoms with E-state index in [1.165, 1.54) is 16.8 Å². The average molecular weight is 385 g/mol. The molecule has 2 aliphatic rings. The van der Waals surface area contributed by atoms with E-state index in [4.69, 9.17) is 11.6 Å². The van der Waals surface area contributed by atoms with Gasteiger partial charge in [-0.05, 0) is 43.9 Å². The van der Waals surface area contributed by atoms with E-state index in [2.05, 4.69) is 5.32 Å². The Bertz CT molecular complexity index is 724. The number of amides is 1. The van der Waals surface area contributed by atoms with Gasteiger partial charge in [-0.15, -0.1) is 0 Å². The van der Waals surface area contributed by atoms with Gasteiger partial charge in [0.1, 0.15) is 4.90 Å². The molecule has 1 N–H and O–H groups in total. The van der Waals surface area contributed by atoms with Crippen LogP contribution in [0.2, 0.25) is 5.02 Å². The number of piperidine rings is 1. The molecule has 5 nitrogen and oxygen atoms in total. The van der Waals surface area contributed by atoms with Crippen molar-refractivity contribution in [3.8, 4) is 0 Å². The van der Waals surface area contributed by atoms with E-state index in [0.29, 0.717) is 18.8 Å². The van der Waals surface area contributed by atoms with E-state index < -0.39 is 10.0 Å². The first kappa shape index (κ1) is 18.7. The first-order chi connectivity index (χ1) is 12.0. The predicted octanol–water partition coefficient (Wildman–Crippen LogP) is 4.03. The molecule has 1 aromatic carbocycles. The number of hydrogen-bond donors (Lipinski definition) is 1. The predicted molar refractivity (Wildman–Crippen MR) is 99.3 cm³/mol. The standard InChI is InChI=1S/C18H25ClN2O3S/c19-16-10-9-15(20-18(22)14-7-3-1-4-8-14)13-17(16)25(23,24)21-11-5-2-6-12-21/h9-10,13-14H,1-8,11-12H2,(H,20,22). The summed E-state index contributed by atoms with van der Waals surface area (Å²) in [4.78, 5) is 12.5. The van der Waals surface area contributed by atoms with Gasteiger partial charge in [0, 0.05) is 24.7 Å². The van der Waals surface area contributed by atoms with Crippen LogP contribution in [0, 0.1) is 5.92 Å². The van der Waals surface area contributed by atoms with Crippen molar-refractivity contribution < 1.29 is 13.2 Å². The number of halogens is 1. The molecule has 0 aromatic heterocycles. The Morgan fingerprint density at radius 3 is 2.36 bits per heavy atom. The highest BCUT2D eigenvalue weighted by molar-refractivity contribution is 7.89. The largest absolute Gasteiger partial charge is 0.326 e. The van der Waals surface area contributed by atoms with Crippen LogP contribution in [0.1, 0.15) is 51.4 Å². The van der Waals surface area contributed by atoms with Gasteiger partial charge >= 0.3 is 0 Å². The van der Waals surface area contributed by atoms with Crippen molar-refractivity contribution in [3.05, 3.63) is 23.2 Å². The molecule has 1 aliphatic carbocycles. The first-order valence-corrected chi connectivity index (χ1v) is 10.9. The summed E-state index contributed by atoms with van der Waals surface area (Å²) in [6.45, 7) is 1.05. The van der Waals surface area contributed by atoms with Crippen LogP contribution < -0.4 is 5.32 Å². The van der Waals surface area contributed by atoms with Crippen molar-refractivity contribution >= 4 is 33.2 Å². The lowest BCUT2D eigenvalue weighted by Gasteiger charge is -2.26. The van der Waals surface area contributed by atoms with E-state index >= 15 is 0 Å². The molecule has 0 radical (unpaired) electrons.